The van der Waals surface area contributed by atoms with Crippen LogP contribution in [0.5, 0.6) is 0 Å². The van der Waals surface area contributed by atoms with Crippen LogP contribution in [-0.4, -0.2) is 39.9 Å². The molecule has 1 N–H and O–H groups in total. The first-order valence-corrected chi connectivity index (χ1v) is 7.18. The van der Waals surface area contributed by atoms with Crippen molar-refractivity contribution in [2.45, 2.75) is 18.4 Å². The van der Waals surface area contributed by atoms with Crippen molar-refractivity contribution in [1.82, 2.24) is 24.5 Å². The van der Waals surface area contributed by atoms with Crippen LogP contribution >= 0.6 is 11.6 Å². The monoisotopic (exact) mass is 301 g/mol. The molecule has 7 nitrogen and oxygen atoms in total. The van der Waals surface area contributed by atoms with E-state index in [-0.39, 0.29) is 16.6 Å². The van der Waals surface area contributed by atoms with E-state index < -0.39 is 10.0 Å². The number of aromatic amines is 1. The van der Waals surface area contributed by atoms with Crippen molar-refractivity contribution in [3.63, 3.8) is 0 Å². The van der Waals surface area contributed by atoms with Crippen molar-refractivity contribution in [2.75, 3.05) is 7.05 Å². The molecule has 2 aromatic rings. The van der Waals surface area contributed by atoms with Crippen LogP contribution in [0, 0.1) is 6.92 Å². The average molecular weight is 302 g/mol. The minimum absolute atomic E-state index is 0.0357. The van der Waals surface area contributed by atoms with Gasteiger partial charge >= 0.3 is 0 Å². The van der Waals surface area contributed by atoms with Crippen LogP contribution in [0.2, 0.25) is 5.15 Å². The van der Waals surface area contributed by atoms with Crippen molar-refractivity contribution in [3.05, 3.63) is 35.1 Å². The normalized spacial score (nSPS) is 12.0. The summed E-state index contributed by atoms with van der Waals surface area (Å²) in [6.45, 7) is 1.79. The Kier molecular flexibility index (Phi) is 3.83. The van der Waals surface area contributed by atoms with Gasteiger partial charge in [-0.3, -0.25) is 5.10 Å². The van der Waals surface area contributed by atoms with Gasteiger partial charge in [0.1, 0.15) is 15.9 Å². The van der Waals surface area contributed by atoms with E-state index in [1.165, 1.54) is 25.4 Å². The zero-order valence-electron chi connectivity index (χ0n) is 10.3. The maximum Gasteiger partial charge on any atom is 0.246 e. The second-order valence-corrected chi connectivity index (χ2v) is 6.26. The summed E-state index contributed by atoms with van der Waals surface area (Å²) in [6.07, 6.45) is 1.43. The predicted octanol–water partition coefficient (Wildman–Crippen LogP) is 0.982. The number of rotatable bonds is 4. The van der Waals surface area contributed by atoms with Gasteiger partial charge in [-0.2, -0.15) is 9.40 Å². The fraction of sp³-hybridized carbons (Fsp3) is 0.300. The summed E-state index contributed by atoms with van der Waals surface area (Å²) in [5, 5.41) is 6.50. The molecular formula is C10H12ClN5O2S. The van der Waals surface area contributed by atoms with E-state index in [1.807, 2.05) is 0 Å². The third-order valence-corrected chi connectivity index (χ3v) is 4.67. The summed E-state index contributed by atoms with van der Waals surface area (Å²) in [5.41, 5.74) is 0. The molecule has 0 bridgehead atoms. The third-order valence-electron chi connectivity index (χ3n) is 2.42. The highest BCUT2D eigenvalue weighted by atomic mass is 35.5. The zero-order valence-corrected chi connectivity index (χ0v) is 11.9. The van der Waals surface area contributed by atoms with E-state index in [2.05, 4.69) is 20.2 Å². The number of hydrogen-bond acceptors (Lipinski definition) is 5. The van der Waals surface area contributed by atoms with Crippen molar-refractivity contribution in [1.29, 1.82) is 0 Å². The summed E-state index contributed by atoms with van der Waals surface area (Å²) in [4.78, 5) is 7.78. The van der Waals surface area contributed by atoms with Gasteiger partial charge in [-0.25, -0.2) is 18.4 Å². The van der Waals surface area contributed by atoms with E-state index in [0.717, 1.165) is 4.31 Å². The lowest BCUT2D eigenvalue weighted by Gasteiger charge is -2.15. The number of sulfonamides is 1. The standard InChI is InChI=1S/C10H12ClN5O2S/c1-7-13-9(15-14-7)6-16(2)19(17,18)8-4-3-5-12-10(8)11/h3-5H,6H2,1-2H3,(H,13,14,15). The van der Waals surface area contributed by atoms with E-state index >= 15 is 0 Å². The van der Waals surface area contributed by atoms with E-state index in [1.54, 1.807) is 6.92 Å². The molecule has 0 saturated carbocycles. The quantitative estimate of drug-likeness (QED) is 0.850. The Morgan fingerprint density at radius 3 is 2.79 bits per heavy atom. The molecule has 9 heteroatoms. The number of aryl methyl sites for hydroxylation is 1. The van der Waals surface area contributed by atoms with Crippen LogP contribution in [0.15, 0.2) is 23.2 Å². The molecular weight excluding hydrogens is 290 g/mol. The molecule has 2 aromatic heterocycles. The fourth-order valence-corrected chi connectivity index (χ4v) is 3.02. The molecule has 102 valence electrons. The molecule has 0 fully saturated rings. The largest absolute Gasteiger partial charge is 0.263 e. The summed E-state index contributed by atoms with van der Waals surface area (Å²) < 4.78 is 25.7. The Morgan fingerprint density at radius 2 is 2.21 bits per heavy atom. The maximum atomic E-state index is 12.3. The molecule has 0 aromatic carbocycles. The van der Waals surface area contributed by atoms with E-state index in [0.29, 0.717) is 11.6 Å². The Bertz CT molecular complexity index is 685. The van der Waals surface area contributed by atoms with Crippen LogP contribution in [0.3, 0.4) is 0 Å². The lowest BCUT2D eigenvalue weighted by molar-refractivity contribution is 0.457. The van der Waals surface area contributed by atoms with Gasteiger partial charge in [-0.1, -0.05) is 11.6 Å². The van der Waals surface area contributed by atoms with Gasteiger partial charge in [0.15, 0.2) is 5.82 Å². The Balaban J connectivity index is 2.27. The number of halogens is 1. The second kappa shape index (κ2) is 5.24. The first-order valence-electron chi connectivity index (χ1n) is 5.36. The Morgan fingerprint density at radius 1 is 1.47 bits per heavy atom. The molecule has 0 aliphatic heterocycles. The molecule has 0 radical (unpaired) electrons. The van der Waals surface area contributed by atoms with Crippen LogP contribution in [0.4, 0.5) is 0 Å². The predicted molar refractivity (Wildman–Crippen MR) is 69.0 cm³/mol. The number of hydrogen-bond donors (Lipinski definition) is 1. The smallest absolute Gasteiger partial charge is 0.246 e. The third kappa shape index (κ3) is 2.91. The summed E-state index contributed by atoms with van der Waals surface area (Å²) in [5.74, 6) is 1.02. The Labute approximate surface area is 115 Å². The first kappa shape index (κ1) is 13.9. The van der Waals surface area contributed by atoms with Crippen LogP contribution in [-0.2, 0) is 16.6 Å². The highest BCUT2D eigenvalue weighted by Crippen LogP contribution is 2.21. The average Bonchev–Trinajstić information content (AvgIpc) is 2.75. The summed E-state index contributed by atoms with van der Waals surface area (Å²) >= 11 is 5.81. The SMILES string of the molecule is Cc1nc(CN(C)S(=O)(=O)c2cccnc2Cl)n[nH]1. The Hall–Kier alpha value is -1.51. The molecule has 0 aliphatic carbocycles. The molecule has 2 rings (SSSR count). The van der Waals surface area contributed by atoms with Gasteiger partial charge in [-0.05, 0) is 19.1 Å². The van der Waals surface area contributed by atoms with Gasteiger partial charge in [0.25, 0.3) is 0 Å². The highest BCUT2D eigenvalue weighted by molar-refractivity contribution is 7.89. The molecule has 0 atom stereocenters. The first-order chi connectivity index (χ1) is 8.91. The lowest BCUT2D eigenvalue weighted by atomic mass is 10.5. The second-order valence-electron chi connectivity index (χ2n) is 3.89. The van der Waals surface area contributed by atoms with E-state index in [9.17, 15) is 8.42 Å². The number of aromatic nitrogens is 4. The van der Waals surface area contributed by atoms with Gasteiger partial charge in [0.2, 0.25) is 10.0 Å². The van der Waals surface area contributed by atoms with Gasteiger partial charge in [0, 0.05) is 13.2 Å². The summed E-state index contributed by atoms with van der Waals surface area (Å²) in [6, 6.07) is 2.92. The number of pyridine rings is 1. The maximum absolute atomic E-state index is 12.3. The highest BCUT2D eigenvalue weighted by Gasteiger charge is 2.25. The van der Waals surface area contributed by atoms with Crippen molar-refractivity contribution in [2.24, 2.45) is 0 Å². The van der Waals surface area contributed by atoms with Crippen LogP contribution in [0.1, 0.15) is 11.6 Å². The van der Waals surface area contributed by atoms with Gasteiger partial charge in [0.05, 0.1) is 6.54 Å². The van der Waals surface area contributed by atoms with Gasteiger partial charge in [-0.15, -0.1) is 0 Å². The number of nitrogens with zero attached hydrogens (tertiary/aromatic N) is 4. The summed E-state index contributed by atoms with van der Waals surface area (Å²) in [7, 11) is -2.28. The van der Waals surface area contributed by atoms with E-state index in [4.69, 9.17) is 11.6 Å². The molecule has 0 saturated heterocycles. The zero-order chi connectivity index (χ0) is 14.0. The molecule has 2 heterocycles. The van der Waals surface area contributed by atoms with Crippen LogP contribution < -0.4 is 0 Å². The van der Waals surface area contributed by atoms with Crippen molar-refractivity contribution < 1.29 is 8.42 Å². The molecule has 0 amide bonds. The minimum Gasteiger partial charge on any atom is -0.263 e. The molecule has 19 heavy (non-hydrogen) atoms. The molecule has 0 unspecified atom stereocenters. The van der Waals surface area contributed by atoms with Crippen LogP contribution in [0.25, 0.3) is 0 Å². The van der Waals surface area contributed by atoms with Crippen molar-refractivity contribution >= 4 is 21.6 Å². The molecule has 0 spiro atoms. The van der Waals surface area contributed by atoms with Crippen molar-refractivity contribution in [3.8, 4) is 0 Å². The number of H-pyrrole nitrogens is 1. The molecule has 0 aliphatic rings. The van der Waals surface area contributed by atoms with Gasteiger partial charge < -0.3 is 0 Å². The lowest BCUT2D eigenvalue weighted by Crippen LogP contribution is -2.27. The minimum atomic E-state index is -3.71. The number of nitrogens with one attached hydrogen (secondary N) is 1. The fourth-order valence-electron chi connectivity index (χ4n) is 1.48. The topological polar surface area (TPSA) is 91.8 Å².